The van der Waals surface area contributed by atoms with Crippen molar-refractivity contribution in [2.24, 2.45) is 0 Å². The Hall–Kier alpha value is -2.52. The first-order valence-corrected chi connectivity index (χ1v) is 9.08. The minimum Gasteiger partial charge on any atom is -0.488 e. The predicted octanol–water partition coefficient (Wildman–Crippen LogP) is 6.03. The number of rotatable bonds is 5. The molecule has 0 aliphatic rings. The summed E-state index contributed by atoms with van der Waals surface area (Å²) in [6.07, 6.45) is 2.13. The molecule has 0 atom stereocenters. The zero-order chi connectivity index (χ0) is 17.1. The standard InChI is InChI=1S/C22H18BrNO/c23-19-11-9-17(10-12-19)15-24-14-13-20-21(24)7-4-8-22(20)25-16-18-5-2-1-3-6-18/h1-14H,15-16H2. The fraction of sp³-hybridized carbons (Fsp3) is 0.0909. The molecule has 0 spiro atoms. The van der Waals surface area contributed by atoms with E-state index in [1.807, 2.05) is 24.3 Å². The quantitative estimate of drug-likeness (QED) is 0.404. The van der Waals surface area contributed by atoms with Gasteiger partial charge in [-0.1, -0.05) is 64.5 Å². The van der Waals surface area contributed by atoms with Crippen LogP contribution in [0.1, 0.15) is 11.1 Å². The van der Waals surface area contributed by atoms with Gasteiger partial charge in [-0.15, -0.1) is 0 Å². The lowest BCUT2D eigenvalue weighted by Gasteiger charge is -2.09. The van der Waals surface area contributed by atoms with Crippen LogP contribution in [0.5, 0.6) is 5.75 Å². The zero-order valence-electron chi connectivity index (χ0n) is 13.7. The first-order chi connectivity index (χ1) is 12.3. The number of ether oxygens (including phenoxy) is 1. The fourth-order valence-electron chi connectivity index (χ4n) is 2.98. The Labute approximate surface area is 155 Å². The van der Waals surface area contributed by atoms with E-state index in [4.69, 9.17) is 4.74 Å². The fourth-order valence-corrected chi connectivity index (χ4v) is 3.25. The van der Waals surface area contributed by atoms with E-state index >= 15 is 0 Å². The number of nitrogens with zero attached hydrogens (tertiary/aromatic N) is 1. The molecule has 2 nitrogen and oxygen atoms in total. The number of fused-ring (bicyclic) bond motifs is 1. The molecule has 4 rings (SSSR count). The highest BCUT2D eigenvalue weighted by atomic mass is 79.9. The summed E-state index contributed by atoms with van der Waals surface area (Å²) < 4.78 is 9.43. The molecule has 0 saturated carbocycles. The van der Waals surface area contributed by atoms with Gasteiger partial charge in [0.1, 0.15) is 12.4 Å². The summed E-state index contributed by atoms with van der Waals surface area (Å²) in [5, 5.41) is 1.15. The molecule has 0 aliphatic carbocycles. The average molecular weight is 392 g/mol. The Bertz CT molecular complexity index is 974. The average Bonchev–Trinajstić information content (AvgIpc) is 3.06. The molecule has 3 aromatic carbocycles. The Morgan fingerprint density at radius 2 is 1.56 bits per heavy atom. The van der Waals surface area contributed by atoms with Gasteiger partial charge in [-0.3, -0.25) is 0 Å². The Morgan fingerprint density at radius 1 is 0.760 bits per heavy atom. The molecular weight excluding hydrogens is 374 g/mol. The molecular formula is C22H18BrNO. The molecule has 1 aromatic heterocycles. The van der Waals surface area contributed by atoms with Crippen molar-refractivity contribution in [2.75, 3.05) is 0 Å². The van der Waals surface area contributed by atoms with E-state index < -0.39 is 0 Å². The maximum atomic E-state index is 6.07. The van der Waals surface area contributed by atoms with Gasteiger partial charge in [-0.25, -0.2) is 0 Å². The van der Waals surface area contributed by atoms with Crippen LogP contribution in [0.2, 0.25) is 0 Å². The molecule has 1 heterocycles. The minimum atomic E-state index is 0.581. The van der Waals surface area contributed by atoms with Gasteiger partial charge in [0.25, 0.3) is 0 Å². The third-order valence-electron chi connectivity index (χ3n) is 4.28. The van der Waals surface area contributed by atoms with Crippen LogP contribution >= 0.6 is 15.9 Å². The normalized spacial score (nSPS) is 10.9. The number of hydrogen-bond acceptors (Lipinski definition) is 1. The van der Waals surface area contributed by atoms with E-state index in [1.54, 1.807) is 0 Å². The summed E-state index contributed by atoms with van der Waals surface area (Å²) in [6, 6.07) is 27.1. The highest BCUT2D eigenvalue weighted by Crippen LogP contribution is 2.28. The molecule has 0 radical (unpaired) electrons. The zero-order valence-corrected chi connectivity index (χ0v) is 15.3. The number of benzene rings is 3. The third kappa shape index (κ3) is 3.62. The molecule has 4 aromatic rings. The van der Waals surface area contributed by atoms with Gasteiger partial charge in [-0.2, -0.15) is 0 Å². The van der Waals surface area contributed by atoms with Crippen molar-refractivity contribution in [3.63, 3.8) is 0 Å². The summed E-state index contributed by atoms with van der Waals surface area (Å²) in [7, 11) is 0. The van der Waals surface area contributed by atoms with Crippen LogP contribution in [0.4, 0.5) is 0 Å². The van der Waals surface area contributed by atoms with Crippen molar-refractivity contribution in [3.8, 4) is 5.75 Å². The number of hydrogen-bond donors (Lipinski definition) is 0. The van der Waals surface area contributed by atoms with Crippen LogP contribution in [0.25, 0.3) is 10.9 Å². The lowest BCUT2D eigenvalue weighted by Crippen LogP contribution is -1.98. The third-order valence-corrected chi connectivity index (χ3v) is 4.81. The van der Waals surface area contributed by atoms with Crippen molar-refractivity contribution in [2.45, 2.75) is 13.2 Å². The monoisotopic (exact) mass is 391 g/mol. The van der Waals surface area contributed by atoms with Gasteiger partial charge < -0.3 is 9.30 Å². The van der Waals surface area contributed by atoms with Gasteiger partial charge >= 0.3 is 0 Å². The van der Waals surface area contributed by atoms with E-state index in [-0.39, 0.29) is 0 Å². The highest BCUT2D eigenvalue weighted by Gasteiger charge is 2.07. The highest BCUT2D eigenvalue weighted by molar-refractivity contribution is 9.10. The second-order valence-electron chi connectivity index (χ2n) is 6.03. The van der Waals surface area contributed by atoms with Gasteiger partial charge in [0, 0.05) is 22.6 Å². The maximum absolute atomic E-state index is 6.07. The molecule has 0 amide bonds. The molecule has 0 fully saturated rings. The summed E-state index contributed by atoms with van der Waals surface area (Å²) in [5.41, 5.74) is 3.64. The second-order valence-corrected chi connectivity index (χ2v) is 6.95. The van der Waals surface area contributed by atoms with E-state index in [9.17, 15) is 0 Å². The van der Waals surface area contributed by atoms with Crippen molar-refractivity contribution < 1.29 is 4.74 Å². The Balaban J connectivity index is 1.58. The van der Waals surface area contributed by atoms with Crippen molar-refractivity contribution in [3.05, 3.63) is 101 Å². The minimum absolute atomic E-state index is 0.581. The number of halogens is 1. The van der Waals surface area contributed by atoms with E-state index in [1.165, 1.54) is 16.6 Å². The molecule has 124 valence electrons. The maximum Gasteiger partial charge on any atom is 0.129 e. The molecule has 3 heteroatoms. The predicted molar refractivity (Wildman–Crippen MR) is 106 cm³/mol. The van der Waals surface area contributed by atoms with Crippen LogP contribution in [-0.4, -0.2) is 4.57 Å². The Kier molecular flexibility index (Phi) is 4.57. The van der Waals surface area contributed by atoms with Crippen molar-refractivity contribution >= 4 is 26.8 Å². The van der Waals surface area contributed by atoms with Gasteiger partial charge in [-0.05, 0) is 41.5 Å². The largest absolute Gasteiger partial charge is 0.488 e. The Morgan fingerprint density at radius 3 is 2.36 bits per heavy atom. The number of aromatic nitrogens is 1. The van der Waals surface area contributed by atoms with Crippen molar-refractivity contribution in [1.29, 1.82) is 0 Å². The van der Waals surface area contributed by atoms with Crippen LogP contribution in [-0.2, 0) is 13.2 Å². The lowest BCUT2D eigenvalue weighted by atomic mass is 10.2. The molecule has 25 heavy (non-hydrogen) atoms. The summed E-state index contributed by atoms with van der Waals surface area (Å²) >= 11 is 3.49. The van der Waals surface area contributed by atoms with Crippen LogP contribution < -0.4 is 4.74 Å². The second kappa shape index (κ2) is 7.16. The summed E-state index contributed by atoms with van der Waals surface area (Å²) in [4.78, 5) is 0. The van der Waals surface area contributed by atoms with Gasteiger partial charge in [0.05, 0.1) is 5.52 Å². The smallest absolute Gasteiger partial charge is 0.129 e. The summed E-state index contributed by atoms with van der Waals surface area (Å²) in [6.45, 7) is 1.43. The van der Waals surface area contributed by atoms with E-state index in [0.29, 0.717) is 6.61 Å². The summed E-state index contributed by atoms with van der Waals surface area (Å²) in [5.74, 6) is 0.927. The molecule has 0 saturated heterocycles. The van der Waals surface area contributed by atoms with E-state index in [2.05, 4.69) is 81.3 Å². The molecule has 0 N–H and O–H groups in total. The molecule has 0 unspecified atom stereocenters. The lowest BCUT2D eigenvalue weighted by molar-refractivity contribution is 0.310. The SMILES string of the molecule is Brc1ccc(Cn2ccc3c(OCc4ccccc4)cccc32)cc1. The van der Waals surface area contributed by atoms with Crippen LogP contribution in [0.15, 0.2) is 89.5 Å². The first-order valence-electron chi connectivity index (χ1n) is 8.28. The molecule has 0 bridgehead atoms. The topological polar surface area (TPSA) is 14.2 Å². The van der Waals surface area contributed by atoms with Gasteiger partial charge in [0.2, 0.25) is 0 Å². The van der Waals surface area contributed by atoms with E-state index in [0.717, 1.165) is 22.2 Å². The van der Waals surface area contributed by atoms with Crippen LogP contribution in [0.3, 0.4) is 0 Å². The van der Waals surface area contributed by atoms with Crippen LogP contribution in [0, 0.1) is 0 Å². The first kappa shape index (κ1) is 16.0. The van der Waals surface area contributed by atoms with Gasteiger partial charge in [0.15, 0.2) is 0 Å². The molecule has 0 aliphatic heterocycles. The van der Waals surface area contributed by atoms with Crippen molar-refractivity contribution in [1.82, 2.24) is 4.57 Å².